The SMILES string of the molecule is CN(CCS(C)(=O)=O)c1cccnc1CN. The summed E-state index contributed by atoms with van der Waals surface area (Å²) in [5, 5.41) is 0. The van der Waals surface area contributed by atoms with E-state index in [0.29, 0.717) is 13.1 Å². The topological polar surface area (TPSA) is 76.3 Å². The van der Waals surface area contributed by atoms with E-state index >= 15 is 0 Å². The highest BCUT2D eigenvalue weighted by Crippen LogP contribution is 2.15. The van der Waals surface area contributed by atoms with Crippen LogP contribution in [0.5, 0.6) is 0 Å². The molecule has 0 aliphatic heterocycles. The first-order valence-corrected chi connectivity index (χ1v) is 7.03. The standard InChI is InChI=1S/C10H17N3O2S/c1-13(6-7-16(2,14)15)10-4-3-5-12-9(10)8-11/h3-5H,6-8,11H2,1-2H3. The molecule has 0 saturated heterocycles. The van der Waals surface area contributed by atoms with Crippen molar-refractivity contribution < 1.29 is 8.42 Å². The zero-order chi connectivity index (χ0) is 12.2. The minimum atomic E-state index is -2.94. The Morgan fingerprint density at radius 1 is 1.50 bits per heavy atom. The number of nitrogens with zero attached hydrogens (tertiary/aromatic N) is 2. The van der Waals surface area contributed by atoms with Gasteiger partial charge in [-0.3, -0.25) is 4.98 Å². The highest BCUT2D eigenvalue weighted by atomic mass is 32.2. The molecule has 0 spiro atoms. The molecule has 0 fully saturated rings. The van der Waals surface area contributed by atoms with Crippen molar-refractivity contribution in [3.05, 3.63) is 24.0 Å². The maximum Gasteiger partial charge on any atom is 0.149 e. The fourth-order valence-corrected chi connectivity index (χ4v) is 1.96. The van der Waals surface area contributed by atoms with Crippen molar-refractivity contribution in [1.29, 1.82) is 0 Å². The van der Waals surface area contributed by atoms with Gasteiger partial charge in [-0.25, -0.2) is 8.42 Å². The van der Waals surface area contributed by atoms with Crippen LogP contribution in [0.2, 0.25) is 0 Å². The molecule has 16 heavy (non-hydrogen) atoms. The normalized spacial score (nSPS) is 11.4. The van der Waals surface area contributed by atoms with Gasteiger partial charge >= 0.3 is 0 Å². The van der Waals surface area contributed by atoms with Crippen molar-refractivity contribution in [2.45, 2.75) is 6.54 Å². The molecule has 0 amide bonds. The molecule has 2 N–H and O–H groups in total. The van der Waals surface area contributed by atoms with Crippen LogP contribution in [-0.4, -0.2) is 39.0 Å². The van der Waals surface area contributed by atoms with E-state index in [0.717, 1.165) is 11.4 Å². The molecule has 0 bridgehead atoms. The molecular formula is C10H17N3O2S. The number of pyridine rings is 1. The van der Waals surface area contributed by atoms with Gasteiger partial charge in [0.15, 0.2) is 0 Å². The highest BCUT2D eigenvalue weighted by molar-refractivity contribution is 7.90. The summed E-state index contributed by atoms with van der Waals surface area (Å²) in [6.07, 6.45) is 2.91. The Kier molecular flexibility index (Phi) is 4.26. The summed E-state index contributed by atoms with van der Waals surface area (Å²) in [6, 6.07) is 3.70. The summed E-state index contributed by atoms with van der Waals surface area (Å²) >= 11 is 0. The van der Waals surface area contributed by atoms with Gasteiger partial charge in [0.2, 0.25) is 0 Å². The van der Waals surface area contributed by atoms with Gasteiger partial charge in [0, 0.05) is 32.6 Å². The Bertz CT molecular complexity index is 445. The quantitative estimate of drug-likeness (QED) is 0.789. The van der Waals surface area contributed by atoms with E-state index in [1.165, 1.54) is 6.26 Å². The summed E-state index contributed by atoms with van der Waals surface area (Å²) in [6.45, 7) is 0.789. The van der Waals surface area contributed by atoms with Crippen molar-refractivity contribution in [3.8, 4) is 0 Å². The first kappa shape index (κ1) is 12.9. The minimum Gasteiger partial charge on any atom is -0.372 e. The van der Waals surface area contributed by atoms with Crippen molar-refractivity contribution in [2.75, 3.05) is 30.5 Å². The Morgan fingerprint density at radius 2 is 2.19 bits per heavy atom. The van der Waals surface area contributed by atoms with E-state index in [1.807, 2.05) is 24.1 Å². The maximum atomic E-state index is 11.1. The average Bonchev–Trinajstić information content (AvgIpc) is 2.25. The molecule has 0 saturated carbocycles. The Balaban J connectivity index is 2.76. The summed E-state index contributed by atoms with van der Waals surface area (Å²) < 4.78 is 22.1. The molecule has 1 rings (SSSR count). The predicted molar refractivity (Wildman–Crippen MR) is 65.1 cm³/mol. The molecule has 6 heteroatoms. The van der Waals surface area contributed by atoms with Gasteiger partial charge in [0.05, 0.1) is 17.1 Å². The van der Waals surface area contributed by atoms with Crippen molar-refractivity contribution in [3.63, 3.8) is 0 Å². The summed E-state index contributed by atoms with van der Waals surface area (Å²) in [5.41, 5.74) is 7.22. The lowest BCUT2D eigenvalue weighted by atomic mass is 10.2. The lowest BCUT2D eigenvalue weighted by Crippen LogP contribution is -2.26. The van der Waals surface area contributed by atoms with Crippen molar-refractivity contribution in [1.82, 2.24) is 4.98 Å². The monoisotopic (exact) mass is 243 g/mol. The number of nitrogens with two attached hydrogens (primary N) is 1. The fraction of sp³-hybridized carbons (Fsp3) is 0.500. The van der Waals surface area contributed by atoms with Crippen LogP contribution in [0.15, 0.2) is 18.3 Å². The van der Waals surface area contributed by atoms with Crippen LogP contribution in [0.4, 0.5) is 5.69 Å². The van der Waals surface area contributed by atoms with Crippen LogP contribution in [0.3, 0.4) is 0 Å². The molecular weight excluding hydrogens is 226 g/mol. The van der Waals surface area contributed by atoms with Gasteiger partial charge in [-0.15, -0.1) is 0 Å². The second-order valence-corrected chi connectivity index (χ2v) is 5.98. The smallest absolute Gasteiger partial charge is 0.149 e. The Labute approximate surface area is 96.2 Å². The second-order valence-electron chi connectivity index (χ2n) is 3.72. The van der Waals surface area contributed by atoms with Crippen LogP contribution in [0.1, 0.15) is 5.69 Å². The minimum absolute atomic E-state index is 0.127. The number of hydrogen-bond donors (Lipinski definition) is 1. The summed E-state index contributed by atoms with van der Waals surface area (Å²) in [4.78, 5) is 6.00. The zero-order valence-electron chi connectivity index (χ0n) is 9.55. The number of anilines is 1. The van der Waals surface area contributed by atoms with Gasteiger partial charge in [0.25, 0.3) is 0 Å². The summed E-state index contributed by atoms with van der Waals surface area (Å²) in [7, 11) is -1.11. The van der Waals surface area contributed by atoms with E-state index in [1.54, 1.807) is 6.20 Å². The number of rotatable bonds is 5. The molecule has 0 unspecified atom stereocenters. The summed E-state index contributed by atoms with van der Waals surface area (Å²) in [5.74, 6) is 0.127. The maximum absolute atomic E-state index is 11.1. The van der Waals surface area contributed by atoms with Gasteiger partial charge in [0.1, 0.15) is 9.84 Å². The molecule has 0 atom stereocenters. The Hall–Kier alpha value is -1.14. The molecule has 0 radical (unpaired) electrons. The van der Waals surface area contributed by atoms with Gasteiger partial charge < -0.3 is 10.6 Å². The largest absolute Gasteiger partial charge is 0.372 e. The third kappa shape index (κ3) is 3.79. The molecule has 1 aromatic rings. The van der Waals surface area contributed by atoms with Gasteiger partial charge in [-0.1, -0.05) is 0 Å². The van der Waals surface area contributed by atoms with Crippen LogP contribution in [-0.2, 0) is 16.4 Å². The highest BCUT2D eigenvalue weighted by Gasteiger charge is 2.09. The first-order valence-electron chi connectivity index (χ1n) is 4.97. The molecule has 5 nitrogen and oxygen atoms in total. The third-order valence-electron chi connectivity index (χ3n) is 2.27. The third-order valence-corrected chi connectivity index (χ3v) is 3.19. The fourth-order valence-electron chi connectivity index (χ4n) is 1.36. The number of sulfone groups is 1. The predicted octanol–water partition coefficient (Wildman–Crippen LogP) is 0.0211. The lowest BCUT2D eigenvalue weighted by Gasteiger charge is -2.20. The van der Waals surface area contributed by atoms with E-state index in [4.69, 9.17) is 5.73 Å². The molecule has 0 aliphatic carbocycles. The number of aromatic nitrogens is 1. The van der Waals surface area contributed by atoms with E-state index in [9.17, 15) is 8.42 Å². The van der Waals surface area contributed by atoms with Crippen LogP contribution in [0, 0.1) is 0 Å². The average molecular weight is 243 g/mol. The molecule has 0 aromatic carbocycles. The van der Waals surface area contributed by atoms with Gasteiger partial charge in [-0.05, 0) is 12.1 Å². The molecule has 90 valence electrons. The number of hydrogen-bond acceptors (Lipinski definition) is 5. The molecule has 1 aromatic heterocycles. The Morgan fingerprint density at radius 3 is 2.75 bits per heavy atom. The van der Waals surface area contributed by atoms with Crippen molar-refractivity contribution >= 4 is 15.5 Å². The van der Waals surface area contributed by atoms with Crippen molar-refractivity contribution in [2.24, 2.45) is 5.73 Å². The van der Waals surface area contributed by atoms with Gasteiger partial charge in [-0.2, -0.15) is 0 Å². The molecule has 0 aliphatic rings. The van der Waals surface area contributed by atoms with Crippen LogP contribution < -0.4 is 10.6 Å². The van der Waals surface area contributed by atoms with E-state index in [2.05, 4.69) is 4.98 Å². The zero-order valence-corrected chi connectivity index (χ0v) is 10.4. The lowest BCUT2D eigenvalue weighted by molar-refractivity contribution is 0.601. The van der Waals surface area contributed by atoms with E-state index in [-0.39, 0.29) is 5.75 Å². The second kappa shape index (κ2) is 5.27. The van der Waals surface area contributed by atoms with E-state index < -0.39 is 9.84 Å². The molecule has 1 heterocycles. The van der Waals surface area contributed by atoms with Crippen LogP contribution in [0.25, 0.3) is 0 Å². The first-order chi connectivity index (χ1) is 7.44. The van der Waals surface area contributed by atoms with Crippen LogP contribution >= 0.6 is 0 Å².